The Balaban J connectivity index is 0. The molecule has 8 heavy (non-hydrogen) atoms. The largest absolute Gasteiger partial charge is 0.618 e. The number of halogens is 2. The fraction of sp³-hybridized carbons (Fsp3) is 1.00. The Morgan fingerprint density at radius 2 is 1.25 bits per heavy atom. The standard InChI is InChI=1S/C3H11NSi.2ClH.Mg/c1-5(2,3)4;;;/h4H2,1-3H3;2*1H;/q;;;+2/p-2. The van der Waals surface area contributed by atoms with Gasteiger partial charge < -0.3 is 23.5 Å². The van der Waals surface area contributed by atoms with Gasteiger partial charge in [-0.3, -0.25) is 0 Å². The predicted octanol–water partition coefficient (Wildman–Crippen LogP) is 1.78. The first kappa shape index (κ1) is 12.2. The summed E-state index contributed by atoms with van der Waals surface area (Å²) in [4.78, 5) is 0. The smallest absolute Gasteiger partial charge is 0.351 e. The molecule has 0 atom stereocenters. The summed E-state index contributed by atoms with van der Waals surface area (Å²) in [5, 5.41) is 5.49. The third-order valence-corrected chi connectivity index (χ3v) is 0. The Morgan fingerprint density at radius 1 is 1.25 bits per heavy atom. The minimum absolute atomic E-state index is 0.639. The van der Waals surface area contributed by atoms with Crippen LogP contribution in [-0.2, 0) is 0 Å². The fourth-order valence-electron chi connectivity index (χ4n) is 0. The van der Waals surface area contributed by atoms with Crippen LogP contribution in [0.25, 0.3) is 0 Å². The van der Waals surface area contributed by atoms with E-state index in [1.165, 1.54) is 0 Å². The van der Waals surface area contributed by atoms with E-state index in [9.17, 15) is 0 Å². The van der Waals surface area contributed by atoms with E-state index >= 15 is 0 Å². The van der Waals surface area contributed by atoms with Crippen molar-refractivity contribution < 1.29 is 0 Å². The molecule has 0 aromatic carbocycles. The highest BCUT2D eigenvalue weighted by molar-refractivity contribution is 7.22. The summed E-state index contributed by atoms with van der Waals surface area (Å²) in [5.41, 5.74) is 0. The lowest BCUT2D eigenvalue weighted by Gasteiger charge is -2.02. The summed E-state index contributed by atoms with van der Waals surface area (Å²) in [6, 6.07) is 0. The maximum Gasteiger partial charge on any atom is 0.618 e. The van der Waals surface area contributed by atoms with Gasteiger partial charge in [-0.2, -0.15) is 0 Å². The molecule has 0 heterocycles. The van der Waals surface area contributed by atoms with Crippen molar-refractivity contribution in [1.82, 2.24) is 0 Å². The van der Waals surface area contributed by atoms with E-state index in [1.807, 2.05) is 0 Å². The van der Waals surface area contributed by atoms with Gasteiger partial charge in [0, 0.05) is 0 Å². The van der Waals surface area contributed by atoms with E-state index < -0.39 is 26.4 Å². The third-order valence-electron chi connectivity index (χ3n) is 0. The third kappa shape index (κ3) is 138. The van der Waals surface area contributed by atoms with Crippen LogP contribution in [-0.4, -0.2) is 26.4 Å². The minimum atomic E-state index is -1.11. The van der Waals surface area contributed by atoms with Gasteiger partial charge in [0.1, 0.15) is 8.24 Å². The van der Waals surface area contributed by atoms with Gasteiger partial charge >= 0.3 is 18.2 Å². The average Bonchev–Trinajstić information content (AvgIpc) is 1.27. The zero-order valence-corrected chi connectivity index (χ0v) is 9.47. The molecular formula is C3H11Cl2MgNSi. The van der Waals surface area contributed by atoms with Crippen LogP contribution in [0.1, 0.15) is 0 Å². The van der Waals surface area contributed by atoms with Crippen molar-refractivity contribution in [2.45, 2.75) is 19.6 Å². The lowest BCUT2D eigenvalue weighted by molar-refractivity contribution is 1.58. The average molecular weight is 184 g/mol. The normalized spacial score (nSPS) is 8.75. The van der Waals surface area contributed by atoms with Crippen molar-refractivity contribution in [2.75, 3.05) is 0 Å². The summed E-state index contributed by atoms with van der Waals surface area (Å²) in [7, 11) is 8.69. The zero-order valence-electron chi connectivity index (χ0n) is 5.54. The summed E-state index contributed by atoms with van der Waals surface area (Å²) < 4.78 is 0. The number of hydrogen-bond donors (Lipinski definition) is 1. The van der Waals surface area contributed by atoms with Crippen LogP contribution in [0.2, 0.25) is 19.6 Å². The molecule has 0 aromatic heterocycles. The first-order valence-corrected chi connectivity index (χ1v) is 10.2. The van der Waals surface area contributed by atoms with Gasteiger partial charge in [0.25, 0.3) is 0 Å². The Labute approximate surface area is 69.3 Å². The van der Waals surface area contributed by atoms with Crippen molar-refractivity contribution in [3.05, 3.63) is 0 Å². The van der Waals surface area contributed by atoms with E-state index in [1.54, 1.807) is 0 Å². The number of hydrogen-bond acceptors (Lipinski definition) is 1. The van der Waals surface area contributed by atoms with Gasteiger partial charge in [0.2, 0.25) is 0 Å². The molecule has 0 aromatic rings. The molecule has 0 unspecified atom stereocenters. The predicted molar refractivity (Wildman–Crippen MR) is 45.0 cm³/mol. The molecule has 0 aliphatic rings. The summed E-state index contributed by atoms with van der Waals surface area (Å²) in [6.45, 7) is 6.31. The van der Waals surface area contributed by atoms with Crippen LogP contribution in [0, 0.1) is 0 Å². The van der Waals surface area contributed by atoms with Crippen LogP contribution in [0.15, 0.2) is 0 Å². The molecule has 5 heteroatoms. The number of rotatable bonds is 0. The highest BCUT2D eigenvalue weighted by Crippen LogP contribution is 1.83. The molecule has 0 bridgehead atoms. The van der Waals surface area contributed by atoms with E-state index in [-0.39, 0.29) is 0 Å². The van der Waals surface area contributed by atoms with E-state index in [0.717, 1.165) is 0 Å². The molecule has 0 fully saturated rings. The molecule has 0 amide bonds. The fourth-order valence-corrected chi connectivity index (χ4v) is 0. The van der Waals surface area contributed by atoms with E-state index in [4.69, 9.17) is 23.5 Å². The molecule has 48 valence electrons. The van der Waals surface area contributed by atoms with Crippen molar-refractivity contribution in [3.63, 3.8) is 0 Å². The van der Waals surface area contributed by atoms with Gasteiger partial charge in [-0.1, -0.05) is 19.6 Å². The molecule has 0 aliphatic carbocycles. The molecule has 0 aliphatic heterocycles. The van der Waals surface area contributed by atoms with E-state index in [2.05, 4.69) is 19.6 Å². The van der Waals surface area contributed by atoms with Crippen molar-refractivity contribution in [2.24, 2.45) is 5.40 Å². The Hall–Kier alpha value is 1.52. The molecule has 0 radical (unpaired) electrons. The van der Waals surface area contributed by atoms with Gasteiger partial charge in [-0.15, -0.1) is 0 Å². The SMILES string of the molecule is C[Si](C)(C)N.[Cl][Mg][Cl]. The topological polar surface area (TPSA) is 26.0 Å². The number of nitrogens with two attached hydrogens (primary N) is 1. The van der Waals surface area contributed by atoms with E-state index in [0.29, 0.717) is 0 Å². The molecule has 2 N–H and O–H groups in total. The van der Waals surface area contributed by atoms with Gasteiger partial charge in [0.15, 0.2) is 0 Å². The van der Waals surface area contributed by atoms with Crippen molar-refractivity contribution in [3.8, 4) is 0 Å². The first-order valence-electron chi connectivity index (χ1n) is 2.32. The molecule has 0 saturated carbocycles. The quantitative estimate of drug-likeness (QED) is 0.571. The summed E-state index contributed by atoms with van der Waals surface area (Å²) >= 11 is -0.639. The van der Waals surface area contributed by atoms with Gasteiger partial charge in [0.05, 0.1) is 0 Å². The Morgan fingerprint density at radius 3 is 1.25 bits per heavy atom. The molecule has 0 spiro atoms. The van der Waals surface area contributed by atoms with Gasteiger partial charge in [-0.25, -0.2) is 0 Å². The second-order valence-electron chi connectivity index (χ2n) is 2.47. The van der Waals surface area contributed by atoms with Crippen molar-refractivity contribution in [1.29, 1.82) is 0 Å². The van der Waals surface area contributed by atoms with Crippen LogP contribution < -0.4 is 5.40 Å². The zero-order chi connectivity index (χ0) is 7.21. The molecule has 0 saturated heterocycles. The van der Waals surface area contributed by atoms with Crippen LogP contribution in [0.4, 0.5) is 0 Å². The Kier molecular flexibility index (Phi) is 10.1. The monoisotopic (exact) mass is 183 g/mol. The van der Waals surface area contributed by atoms with Crippen LogP contribution in [0.5, 0.6) is 0 Å². The van der Waals surface area contributed by atoms with Crippen molar-refractivity contribution >= 4 is 44.5 Å². The maximum absolute atomic E-state index is 5.49. The van der Waals surface area contributed by atoms with Gasteiger partial charge in [-0.05, 0) is 0 Å². The highest BCUT2D eigenvalue weighted by atomic mass is 35.6. The lowest BCUT2D eigenvalue weighted by Crippen LogP contribution is -2.32. The lowest BCUT2D eigenvalue weighted by atomic mass is 11.8. The Bertz CT molecular complexity index is 41.0. The molecule has 0 rings (SSSR count). The summed E-state index contributed by atoms with van der Waals surface area (Å²) in [6.07, 6.45) is 0. The maximum atomic E-state index is 5.49. The summed E-state index contributed by atoms with van der Waals surface area (Å²) in [5.74, 6) is 0. The minimum Gasteiger partial charge on any atom is -0.351 e. The van der Waals surface area contributed by atoms with Crippen LogP contribution in [0.3, 0.4) is 0 Å². The van der Waals surface area contributed by atoms with Crippen LogP contribution >= 0.6 is 18.1 Å². The molecule has 1 nitrogen and oxygen atoms in total. The molecular weight excluding hydrogens is 173 g/mol. The first-order chi connectivity index (χ1) is 3.41. The highest BCUT2D eigenvalue weighted by Gasteiger charge is 2.00. The second kappa shape index (κ2) is 6.64. The second-order valence-corrected chi connectivity index (χ2v) is 9.83.